The molecule has 0 spiro atoms. The average molecular weight is 527 g/mol. The fourth-order valence-electron chi connectivity index (χ4n) is 4.16. The van der Waals surface area contributed by atoms with Crippen molar-refractivity contribution >= 4 is 40.8 Å². The summed E-state index contributed by atoms with van der Waals surface area (Å²) in [6.07, 6.45) is 6.21. The summed E-state index contributed by atoms with van der Waals surface area (Å²) in [6, 6.07) is 6.57. The van der Waals surface area contributed by atoms with Gasteiger partial charge in [-0.2, -0.15) is 0 Å². The van der Waals surface area contributed by atoms with E-state index >= 15 is 0 Å². The van der Waals surface area contributed by atoms with Crippen LogP contribution in [0.15, 0.2) is 29.4 Å². The second-order valence-electron chi connectivity index (χ2n) is 8.11. The lowest BCUT2D eigenvalue weighted by atomic mass is 9.89. The molecule has 0 atom stereocenters. The van der Waals surface area contributed by atoms with E-state index in [1.165, 1.54) is 22.0 Å². The number of ether oxygens (including phenoxy) is 1. The Labute approximate surface area is 198 Å². The molecule has 1 aromatic heterocycles. The van der Waals surface area contributed by atoms with Crippen LogP contribution < -0.4 is 10.6 Å². The quantitative estimate of drug-likeness (QED) is 0.279. The number of hydrogen-bond acceptors (Lipinski definition) is 3. The minimum absolute atomic E-state index is 0. The Kier molecular flexibility index (Phi) is 9.90. The second-order valence-corrected chi connectivity index (χ2v) is 8.11. The monoisotopic (exact) mass is 527 g/mol. The number of hydrogen-bond donors (Lipinski definition) is 3. The van der Waals surface area contributed by atoms with E-state index in [1.807, 2.05) is 0 Å². The van der Waals surface area contributed by atoms with E-state index < -0.39 is 0 Å². The largest absolute Gasteiger partial charge is 0.381 e. The SMILES string of the molecule is CCNC(=NCC1(N(C)C)CCOCC1)NCCc1c[nH]c2c(CC)cccc12.I. The molecule has 0 radical (unpaired) electrons. The van der Waals surface area contributed by atoms with Crippen LogP contribution in [0.2, 0.25) is 0 Å². The molecule has 6 nitrogen and oxygen atoms in total. The highest BCUT2D eigenvalue weighted by atomic mass is 127. The molecule has 1 saturated heterocycles. The summed E-state index contributed by atoms with van der Waals surface area (Å²) in [6.45, 7) is 8.44. The van der Waals surface area contributed by atoms with E-state index in [0.717, 1.165) is 64.5 Å². The average Bonchev–Trinajstić information content (AvgIpc) is 3.16. The number of rotatable bonds is 8. The first-order chi connectivity index (χ1) is 14.1. The Hall–Kier alpha value is -1.32. The number of aromatic amines is 1. The molecular weight excluding hydrogens is 489 g/mol. The highest BCUT2D eigenvalue weighted by molar-refractivity contribution is 14.0. The molecule has 168 valence electrons. The van der Waals surface area contributed by atoms with Gasteiger partial charge in [0, 0.05) is 48.9 Å². The lowest BCUT2D eigenvalue weighted by Gasteiger charge is -2.41. The number of nitrogens with zero attached hydrogens (tertiary/aromatic N) is 2. The third kappa shape index (κ3) is 5.88. The van der Waals surface area contributed by atoms with Crippen molar-refractivity contribution in [3.8, 4) is 0 Å². The summed E-state index contributed by atoms with van der Waals surface area (Å²) in [4.78, 5) is 10.7. The molecule has 1 aromatic carbocycles. The molecule has 0 aliphatic carbocycles. The second kappa shape index (κ2) is 11.9. The van der Waals surface area contributed by atoms with Crippen LogP contribution in [0, 0.1) is 0 Å². The lowest BCUT2D eigenvalue weighted by molar-refractivity contribution is -0.00254. The van der Waals surface area contributed by atoms with Gasteiger partial charge in [-0.3, -0.25) is 4.99 Å². The Balaban J connectivity index is 0.00000320. The van der Waals surface area contributed by atoms with Crippen molar-refractivity contribution in [1.82, 2.24) is 20.5 Å². The minimum atomic E-state index is 0. The van der Waals surface area contributed by atoms with Crippen LogP contribution in [-0.2, 0) is 17.6 Å². The van der Waals surface area contributed by atoms with Gasteiger partial charge >= 0.3 is 0 Å². The summed E-state index contributed by atoms with van der Waals surface area (Å²) in [5.41, 5.74) is 4.10. The van der Waals surface area contributed by atoms with Gasteiger partial charge in [0.15, 0.2) is 5.96 Å². The minimum Gasteiger partial charge on any atom is -0.381 e. The fraction of sp³-hybridized carbons (Fsp3) is 0.609. The van der Waals surface area contributed by atoms with Crippen molar-refractivity contribution in [3.63, 3.8) is 0 Å². The van der Waals surface area contributed by atoms with Crippen molar-refractivity contribution in [2.24, 2.45) is 4.99 Å². The van der Waals surface area contributed by atoms with Crippen LogP contribution in [-0.4, -0.2) is 68.3 Å². The maximum Gasteiger partial charge on any atom is 0.191 e. The van der Waals surface area contributed by atoms with E-state index in [1.54, 1.807) is 0 Å². The third-order valence-corrected chi connectivity index (χ3v) is 6.20. The number of para-hydroxylation sites is 1. The molecule has 0 amide bonds. The number of aromatic nitrogens is 1. The summed E-state index contributed by atoms with van der Waals surface area (Å²) < 4.78 is 5.58. The highest BCUT2D eigenvalue weighted by Crippen LogP contribution is 2.26. The van der Waals surface area contributed by atoms with Crippen molar-refractivity contribution in [2.75, 3.05) is 46.9 Å². The van der Waals surface area contributed by atoms with E-state index in [9.17, 15) is 0 Å². The van der Waals surface area contributed by atoms with Crippen LogP contribution >= 0.6 is 24.0 Å². The number of guanidine groups is 1. The van der Waals surface area contributed by atoms with Gasteiger partial charge in [0.1, 0.15) is 0 Å². The summed E-state index contributed by atoms with van der Waals surface area (Å²) in [5.74, 6) is 0.898. The molecule has 0 unspecified atom stereocenters. The molecule has 2 aromatic rings. The maximum atomic E-state index is 5.58. The lowest BCUT2D eigenvalue weighted by Crippen LogP contribution is -2.51. The Morgan fingerprint density at radius 1 is 1.17 bits per heavy atom. The van der Waals surface area contributed by atoms with Gasteiger partial charge in [-0.15, -0.1) is 24.0 Å². The first-order valence-electron chi connectivity index (χ1n) is 10.9. The van der Waals surface area contributed by atoms with Crippen LogP contribution in [0.25, 0.3) is 10.9 Å². The first-order valence-corrected chi connectivity index (χ1v) is 10.9. The van der Waals surface area contributed by atoms with Gasteiger partial charge in [-0.25, -0.2) is 0 Å². The zero-order valence-corrected chi connectivity index (χ0v) is 21.2. The number of H-pyrrole nitrogens is 1. The maximum absolute atomic E-state index is 5.58. The van der Waals surface area contributed by atoms with E-state index in [-0.39, 0.29) is 29.5 Å². The number of aliphatic imine (C=N–C) groups is 1. The van der Waals surface area contributed by atoms with Crippen molar-refractivity contribution < 1.29 is 4.74 Å². The summed E-state index contributed by atoms with van der Waals surface area (Å²) in [5, 5.41) is 8.25. The van der Waals surface area contributed by atoms with E-state index in [0.29, 0.717) is 0 Å². The smallest absolute Gasteiger partial charge is 0.191 e. The molecular formula is C23H38IN5O. The summed E-state index contributed by atoms with van der Waals surface area (Å²) in [7, 11) is 4.31. The molecule has 1 aliphatic heterocycles. The normalized spacial score (nSPS) is 16.5. The number of benzene rings is 1. The van der Waals surface area contributed by atoms with Gasteiger partial charge in [0.05, 0.1) is 6.54 Å². The molecule has 3 N–H and O–H groups in total. The first kappa shape index (κ1) is 24.9. The van der Waals surface area contributed by atoms with Crippen LogP contribution in [0.4, 0.5) is 0 Å². The molecule has 1 fully saturated rings. The van der Waals surface area contributed by atoms with E-state index in [4.69, 9.17) is 9.73 Å². The van der Waals surface area contributed by atoms with E-state index in [2.05, 4.69) is 72.9 Å². The predicted molar refractivity (Wildman–Crippen MR) is 137 cm³/mol. The number of likely N-dealkylation sites (N-methyl/N-ethyl adjacent to an activating group) is 1. The van der Waals surface area contributed by atoms with Crippen molar-refractivity contribution in [1.29, 1.82) is 0 Å². The van der Waals surface area contributed by atoms with Crippen molar-refractivity contribution in [3.05, 3.63) is 35.5 Å². The van der Waals surface area contributed by atoms with Crippen LogP contribution in [0.1, 0.15) is 37.8 Å². The van der Waals surface area contributed by atoms with Gasteiger partial charge in [0.25, 0.3) is 0 Å². The number of fused-ring (bicyclic) bond motifs is 1. The van der Waals surface area contributed by atoms with Gasteiger partial charge in [-0.05, 0) is 57.8 Å². The molecule has 3 rings (SSSR count). The Morgan fingerprint density at radius 2 is 1.93 bits per heavy atom. The standard InChI is InChI=1S/C23H37N5O.HI/c1-5-18-8-7-9-20-19(16-26-21(18)20)10-13-25-22(24-6-2)27-17-23(28(3)4)11-14-29-15-12-23;/h7-9,16,26H,5-6,10-15,17H2,1-4H3,(H2,24,25,27);1H. The topological polar surface area (TPSA) is 64.7 Å². The van der Waals surface area contributed by atoms with Crippen LogP contribution in [0.3, 0.4) is 0 Å². The zero-order valence-electron chi connectivity index (χ0n) is 18.9. The Morgan fingerprint density at radius 3 is 2.60 bits per heavy atom. The third-order valence-electron chi connectivity index (χ3n) is 6.20. The van der Waals surface area contributed by atoms with Gasteiger partial charge in [-0.1, -0.05) is 25.1 Å². The fourth-order valence-corrected chi connectivity index (χ4v) is 4.16. The zero-order chi connectivity index (χ0) is 20.7. The Bertz CT molecular complexity index is 811. The van der Waals surface area contributed by atoms with Crippen LogP contribution in [0.5, 0.6) is 0 Å². The molecule has 7 heteroatoms. The molecule has 1 aliphatic rings. The molecule has 0 saturated carbocycles. The molecule has 0 bridgehead atoms. The highest BCUT2D eigenvalue weighted by Gasteiger charge is 2.34. The van der Waals surface area contributed by atoms with Crippen molar-refractivity contribution in [2.45, 2.75) is 45.1 Å². The molecule has 30 heavy (non-hydrogen) atoms. The number of halogens is 1. The molecule has 2 heterocycles. The number of aryl methyl sites for hydroxylation is 1. The number of nitrogens with one attached hydrogen (secondary N) is 3. The van der Waals surface area contributed by atoms with Gasteiger partial charge < -0.3 is 25.3 Å². The van der Waals surface area contributed by atoms with Gasteiger partial charge in [0.2, 0.25) is 0 Å². The summed E-state index contributed by atoms with van der Waals surface area (Å²) >= 11 is 0. The predicted octanol–water partition coefficient (Wildman–Crippen LogP) is 3.56.